The Balaban J connectivity index is 2.03. The van der Waals surface area contributed by atoms with Crippen molar-refractivity contribution in [2.45, 2.75) is 26.3 Å². The summed E-state index contributed by atoms with van der Waals surface area (Å²) in [7, 11) is 0. The number of imidazole rings is 1. The van der Waals surface area contributed by atoms with Crippen LogP contribution in [0.4, 0.5) is 5.95 Å². The zero-order valence-electron chi connectivity index (χ0n) is 11.4. The number of fused-ring (bicyclic) bond motifs is 1. The van der Waals surface area contributed by atoms with Crippen molar-refractivity contribution in [1.82, 2.24) is 9.55 Å². The van der Waals surface area contributed by atoms with E-state index in [2.05, 4.69) is 40.1 Å². The van der Waals surface area contributed by atoms with Gasteiger partial charge in [-0.1, -0.05) is 18.2 Å². The number of nitrogens with zero attached hydrogens (tertiary/aromatic N) is 2. The molecule has 1 unspecified atom stereocenters. The van der Waals surface area contributed by atoms with Crippen LogP contribution in [0.1, 0.15) is 30.6 Å². The second-order valence-electron chi connectivity index (χ2n) is 4.83. The van der Waals surface area contributed by atoms with E-state index in [1.54, 1.807) is 0 Å². The van der Waals surface area contributed by atoms with Gasteiger partial charge in [0.1, 0.15) is 5.75 Å². The fourth-order valence-corrected chi connectivity index (χ4v) is 2.65. The van der Waals surface area contributed by atoms with Crippen LogP contribution in [0.25, 0.3) is 0 Å². The summed E-state index contributed by atoms with van der Waals surface area (Å²) in [6, 6.07) is 8.57. The molecule has 0 bridgehead atoms. The van der Waals surface area contributed by atoms with Crippen molar-refractivity contribution in [2.24, 2.45) is 0 Å². The van der Waals surface area contributed by atoms with Crippen LogP contribution in [0.5, 0.6) is 5.75 Å². The molecule has 1 atom stereocenters. The average Bonchev–Trinajstić information content (AvgIpc) is 2.79. The highest BCUT2D eigenvalue weighted by atomic mass is 16.5. The van der Waals surface area contributed by atoms with Gasteiger partial charge in [-0.25, -0.2) is 4.98 Å². The third-order valence-corrected chi connectivity index (χ3v) is 3.45. The Morgan fingerprint density at radius 1 is 1.42 bits per heavy atom. The van der Waals surface area contributed by atoms with E-state index in [4.69, 9.17) is 4.74 Å². The first kappa shape index (κ1) is 12.1. The number of aryl methyl sites for hydroxylation is 1. The number of rotatable bonds is 3. The highest BCUT2D eigenvalue weighted by molar-refractivity contribution is 5.41. The van der Waals surface area contributed by atoms with Crippen LogP contribution in [0.3, 0.4) is 0 Å². The second kappa shape index (κ2) is 4.96. The molecule has 0 amide bonds. The van der Waals surface area contributed by atoms with Crippen LogP contribution in [0.15, 0.2) is 30.5 Å². The first-order chi connectivity index (χ1) is 9.29. The molecule has 2 aromatic rings. The Morgan fingerprint density at radius 2 is 2.26 bits per heavy atom. The molecular weight excluding hydrogens is 238 g/mol. The molecular formula is C15H19N3O. The molecule has 0 saturated heterocycles. The van der Waals surface area contributed by atoms with Gasteiger partial charge in [-0.2, -0.15) is 0 Å². The minimum absolute atomic E-state index is 0.306. The van der Waals surface area contributed by atoms with Crippen molar-refractivity contribution in [2.75, 3.05) is 18.5 Å². The maximum absolute atomic E-state index is 5.73. The summed E-state index contributed by atoms with van der Waals surface area (Å²) in [6.07, 6.45) is 3.09. The lowest BCUT2D eigenvalue weighted by Crippen LogP contribution is -2.21. The van der Waals surface area contributed by atoms with Crippen molar-refractivity contribution >= 4 is 5.95 Å². The van der Waals surface area contributed by atoms with Crippen molar-refractivity contribution in [1.29, 1.82) is 0 Å². The first-order valence-electron chi connectivity index (χ1n) is 6.80. The number of ether oxygens (including phenoxy) is 1. The SMILES string of the molecule is CCNc1nc(C)cn1C1CCOc2ccccc21. The first-order valence-corrected chi connectivity index (χ1v) is 6.80. The van der Waals surface area contributed by atoms with Gasteiger partial charge in [0, 0.05) is 24.7 Å². The highest BCUT2D eigenvalue weighted by Gasteiger charge is 2.24. The quantitative estimate of drug-likeness (QED) is 0.918. The summed E-state index contributed by atoms with van der Waals surface area (Å²) in [4.78, 5) is 4.56. The van der Waals surface area contributed by atoms with Crippen molar-refractivity contribution < 1.29 is 4.74 Å². The minimum atomic E-state index is 0.306. The fraction of sp³-hybridized carbons (Fsp3) is 0.400. The van der Waals surface area contributed by atoms with E-state index in [0.717, 1.165) is 37.0 Å². The van der Waals surface area contributed by atoms with E-state index in [0.29, 0.717) is 6.04 Å². The monoisotopic (exact) mass is 257 g/mol. The lowest BCUT2D eigenvalue weighted by atomic mass is 10.0. The topological polar surface area (TPSA) is 39.1 Å². The molecule has 2 heterocycles. The van der Waals surface area contributed by atoms with Gasteiger partial charge < -0.3 is 14.6 Å². The van der Waals surface area contributed by atoms with Crippen LogP contribution in [0, 0.1) is 6.92 Å². The molecule has 1 N–H and O–H groups in total. The van der Waals surface area contributed by atoms with Gasteiger partial charge in [-0.15, -0.1) is 0 Å². The van der Waals surface area contributed by atoms with Crippen molar-refractivity contribution in [3.8, 4) is 5.75 Å². The molecule has 100 valence electrons. The Morgan fingerprint density at radius 3 is 3.11 bits per heavy atom. The molecule has 1 aromatic heterocycles. The summed E-state index contributed by atoms with van der Waals surface area (Å²) in [5.41, 5.74) is 2.28. The number of aromatic nitrogens is 2. The molecule has 0 radical (unpaired) electrons. The van der Waals surface area contributed by atoms with Crippen LogP contribution in [-0.2, 0) is 0 Å². The molecule has 1 aliphatic rings. The van der Waals surface area contributed by atoms with Gasteiger partial charge in [-0.05, 0) is 19.9 Å². The maximum atomic E-state index is 5.73. The van der Waals surface area contributed by atoms with E-state index in [1.165, 1.54) is 5.56 Å². The lowest BCUT2D eigenvalue weighted by molar-refractivity contribution is 0.257. The highest BCUT2D eigenvalue weighted by Crippen LogP contribution is 2.36. The Hall–Kier alpha value is -1.97. The zero-order chi connectivity index (χ0) is 13.2. The molecule has 1 aromatic carbocycles. The van der Waals surface area contributed by atoms with Gasteiger partial charge in [-0.3, -0.25) is 0 Å². The number of hydrogen-bond acceptors (Lipinski definition) is 3. The predicted octanol–water partition coefficient (Wildman–Crippen LogP) is 3.00. The summed E-state index contributed by atoms with van der Waals surface area (Å²) >= 11 is 0. The average molecular weight is 257 g/mol. The molecule has 0 saturated carbocycles. The Kier molecular flexibility index (Phi) is 3.15. The normalized spacial score (nSPS) is 17.7. The standard InChI is InChI=1S/C15H19N3O/c1-3-16-15-17-11(2)10-18(15)13-8-9-19-14-7-5-4-6-12(13)14/h4-7,10,13H,3,8-9H2,1-2H3,(H,16,17). The van der Waals surface area contributed by atoms with Crippen LogP contribution >= 0.6 is 0 Å². The number of anilines is 1. The van der Waals surface area contributed by atoms with Crippen LogP contribution in [0.2, 0.25) is 0 Å². The van der Waals surface area contributed by atoms with E-state index < -0.39 is 0 Å². The number of para-hydroxylation sites is 1. The van der Waals surface area contributed by atoms with Gasteiger partial charge >= 0.3 is 0 Å². The molecule has 19 heavy (non-hydrogen) atoms. The van der Waals surface area contributed by atoms with E-state index in [9.17, 15) is 0 Å². The van der Waals surface area contributed by atoms with E-state index >= 15 is 0 Å². The molecule has 4 heteroatoms. The van der Waals surface area contributed by atoms with Crippen molar-refractivity contribution in [3.05, 3.63) is 41.7 Å². The van der Waals surface area contributed by atoms with Crippen LogP contribution in [-0.4, -0.2) is 22.7 Å². The number of hydrogen-bond donors (Lipinski definition) is 1. The molecule has 0 spiro atoms. The summed E-state index contributed by atoms with van der Waals surface area (Å²) < 4.78 is 7.96. The lowest BCUT2D eigenvalue weighted by Gasteiger charge is -2.28. The predicted molar refractivity (Wildman–Crippen MR) is 75.8 cm³/mol. The van der Waals surface area contributed by atoms with Gasteiger partial charge in [0.05, 0.1) is 18.3 Å². The molecule has 3 rings (SSSR count). The molecule has 0 aliphatic carbocycles. The summed E-state index contributed by atoms with van der Waals surface area (Å²) in [5.74, 6) is 1.94. The molecule has 1 aliphatic heterocycles. The third-order valence-electron chi connectivity index (χ3n) is 3.45. The fourth-order valence-electron chi connectivity index (χ4n) is 2.65. The summed E-state index contributed by atoms with van der Waals surface area (Å²) in [5, 5.41) is 3.34. The smallest absolute Gasteiger partial charge is 0.203 e. The second-order valence-corrected chi connectivity index (χ2v) is 4.83. The van der Waals surface area contributed by atoms with Gasteiger partial charge in [0.25, 0.3) is 0 Å². The summed E-state index contributed by atoms with van der Waals surface area (Å²) in [6.45, 7) is 5.75. The minimum Gasteiger partial charge on any atom is -0.493 e. The van der Waals surface area contributed by atoms with Gasteiger partial charge in [0.15, 0.2) is 0 Å². The Bertz CT molecular complexity index is 577. The molecule has 0 fully saturated rings. The van der Waals surface area contributed by atoms with E-state index in [1.807, 2.05) is 19.1 Å². The van der Waals surface area contributed by atoms with Crippen LogP contribution < -0.4 is 10.1 Å². The van der Waals surface area contributed by atoms with Gasteiger partial charge in [0.2, 0.25) is 5.95 Å². The van der Waals surface area contributed by atoms with Crippen molar-refractivity contribution in [3.63, 3.8) is 0 Å². The Labute approximate surface area is 113 Å². The third kappa shape index (κ3) is 2.18. The number of nitrogens with one attached hydrogen (secondary N) is 1. The molecule has 4 nitrogen and oxygen atoms in total. The maximum Gasteiger partial charge on any atom is 0.203 e. The zero-order valence-corrected chi connectivity index (χ0v) is 11.4. The number of benzene rings is 1. The largest absolute Gasteiger partial charge is 0.493 e. The van der Waals surface area contributed by atoms with E-state index in [-0.39, 0.29) is 0 Å².